The second-order valence-corrected chi connectivity index (χ2v) is 8.35. The zero-order chi connectivity index (χ0) is 21.1. The van der Waals surface area contributed by atoms with Crippen molar-refractivity contribution in [2.24, 2.45) is 0 Å². The van der Waals surface area contributed by atoms with Gasteiger partial charge in [0.15, 0.2) is 0 Å². The first kappa shape index (κ1) is 20.4. The van der Waals surface area contributed by atoms with Crippen molar-refractivity contribution in [1.82, 2.24) is 0 Å². The number of para-hydroxylation sites is 1. The van der Waals surface area contributed by atoms with E-state index in [0.29, 0.717) is 22.1 Å². The molecule has 3 aromatic rings. The van der Waals surface area contributed by atoms with Crippen LogP contribution in [0.3, 0.4) is 0 Å². The van der Waals surface area contributed by atoms with Crippen LogP contribution in [0, 0.1) is 0 Å². The Kier molecular flexibility index (Phi) is 6.01. The highest BCUT2D eigenvalue weighted by molar-refractivity contribution is 7.99. The van der Waals surface area contributed by atoms with Gasteiger partial charge in [0.05, 0.1) is 30.0 Å². The van der Waals surface area contributed by atoms with Crippen molar-refractivity contribution >= 4 is 46.6 Å². The van der Waals surface area contributed by atoms with E-state index in [0.717, 1.165) is 10.7 Å². The van der Waals surface area contributed by atoms with Crippen LogP contribution in [-0.2, 0) is 9.59 Å². The summed E-state index contributed by atoms with van der Waals surface area (Å²) >= 11 is 7.60. The Balaban J connectivity index is 1.58. The Morgan fingerprint density at radius 3 is 2.87 bits per heavy atom. The average Bonchev–Trinajstić information content (AvgIpc) is 3.23. The maximum atomic E-state index is 13.1. The smallest absolute Gasteiger partial charge is 0.244 e. The summed E-state index contributed by atoms with van der Waals surface area (Å²) in [5, 5.41) is 3.11. The largest absolute Gasteiger partial charge is 0.495 e. The molecular formula is C22H19ClN2O4S. The van der Waals surface area contributed by atoms with Crippen molar-refractivity contribution in [2.45, 2.75) is 16.6 Å². The molecule has 0 saturated carbocycles. The molecule has 154 valence electrons. The average molecular weight is 443 g/mol. The quantitative estimate of drug-likeness (QED) is 0.591. The zero-order valence-corrected chi connectivity index (χ0v) is 17.7. The number of methoxy groups -OCH3 is 1. The number of rotatable bonds is 5. The minimum atomic E-state index is -0.347. The standard InChI is InChI=1S/C22H19ClN2O4S/c1-28-17-9-8-14(23)11-15(17)24-21(26)13-25-16-5-2-3-7-19(16)30-20(12-22(25)27)18-6-4-10-29-18/h2-11,20H,12-13H2,1H3,(H,24,26)/t20-/m1/s1. The fraction of sp³-hybridized carbons (Fsp3) is 0.182. The van der Waals surface area contributed by atoms with Crippen molar-refractivity contribution in [1.29, 1.82) is 0 Å². The summed E-state index contributed by atoms with van der Waals surface area (Å²) in [5.41, 5.74) is 1.16. The molecule has 0 saturated heterocycles. The molecule has 2 heterocycles. The number of ether oxygens (including phenoxy) is 1. The van der Waals surface area contributed by atoms with Crippen molar-refractivity contribution in [3.05, 3.63) is 71.6 Å². The number of benzene rings is 2. The molecule has 30 heavy (non-hydrogen) atoms. The van der Waals surface area contributed by atoms with Crippen molar-refractivity contribution < 1.29 is 18.7 Å². The van der Waals surface area contributed by atoms with Gasteiger partial charge in [0, 0.05) is 16.3 Å². The summed E-state index contributed by atoms with van der Waals surface area (Å²) in [7, 11) is 1.51. The van der Waals surface area contributed by atoms with Crippen LogP contribution in [0.2, 0.25) is 5.02 Å². The fourth-order valence-electron chi connectivity index (χ4n) is 3.30. The topological polar surface area (TPSA) is 71.8 Å². The minimum absolute atomic E-state index is 0.128. The van der Waals surface area contributed by atoms with Gasteiger partial charge in [-0.1, -0.05) is 23.7 Å². The highest BCUT2D eigenvalue weighted by Crippen LogP contribution is 2.45. The lowest BCUT2D eigenvalue weighted by Crippen LogP contribution is -2.38. The maximum absolute atomic E-state index is 13.1. The number of carbonyl (C=O) groups excluding carboxylic acids is 2. The van der Waals surface area contributed by atoms with Gasteiger partial charge < -0.3 is 19.4 Å². The Morgan fingerprint density at radius 2 is 2.10 bits per heavy atom. The second-order valence-electron chi connectivity index (χ2n) is 6.67. The molecule has 0 bridgehead atoms. The van der Waals surface area contributed by atoms with Crippen molar-refractivity contribution in [3.63, 3.8) is 0 Å². The normalized spacial score (nSPS) is 16.0. The summed E-state index contributed by atoms with van der Waals surface area (Å²) in [4.78, 5) is 28.3. The SMILES string of the molecule is COc1ccc(Cl)cc1NC(=O)CN1C(=O)C[C@H](c2ccco2)Sc2ccccc21. The van der Waals surface area contributed by atoms with Crippen LogP contribution in [0.15, 0.2) is 70.2 Å². The van der Waals surface area contributed by atoms with Gasteiger partial charge in [-0.2, -0.15) is 0 Å². The van der Waals surface area contributed by atoms with E-state index >= 15 is 0 Å². The molecule has 0 radical (unpaired) electrons. The number of halogens is 1. The summed E-state index contributed by atoms with van der Waals surface area (Å²) in [6.45, 7) is -0.128. The molecule has 1 aliphatic heterocycles. The molecule has 4 rings (SSSR count). The third-order valence-corrected chi connectivity index (χ3v) is 6.20. The maximum Gasteiger partial charge on any atom is 0.244 e. The lowest BCUT2D eigenvalue weighted by molar-refractivity contribution is -0.121. The monoisotopic (exact) mass is 442 g/mol. The molecule has 0 unspecified atom stereocenters. The van der Waals surface area contributed by atoms with Gasteiger partial charge in [0.1, 0.15) is 18.1 Å². The molecule has 1 atom stereocenters. The number of carbonyl (C=O) groups is 2. The highest BCUT2D eigenvalue weighted by Gasteiger charge is 2.31. The molecule has 0 fully saturated rings. The first-order valence-electron chi connectivity index (χ1n) is 9.28. The number of hydrogen-bond donors (Lipinski definition) is 1. The molecular weight excluding hydrogens is 424 g/mol. The van der Waals surface area contributed by atoms with Gasteiger partial charge in [-0.25, -0.2) is 0 Å². The Labute approximate surface area is 183 Å². The summed E-state index contributed by atoms with van der Waals surface area (Å²) in [6.07, 6.45) is 1.82. The summed E-state index contributed by atoms with van der Waals surface area (Å²) < 4.78 is 10.8. The Hall–Kier alpha value is -2.90. The molecule has 6 nitrogen and oxygen atoms in total. The first-order valence-corrected chi connectivity index (χ1v) is 10.5. The summed E-state index contributed by atoms with van der Waals surface area (Å²) in [6, 6.07) is 16.2. The van der Waals surface area contributed by atoms with Gasteiger partial charge in [-0.05, 0) is 42.5 Å². The number of nitrogens with one attached hydrogen (secondary N) is 1. The molecule has 8 heteroatoms. The van der Waals surface area contributed by atoms with E-state index in [2.05, 4.69) is 5.32 Å². The number of hydrogen-bond acceptors (Lipinski definition) is 5. The van der Waals surface area contributed by atoms with E-state index in [1.807, 2.05) is 30.3 Å². The first-order chi connectivity index (χ1) is 14.5. The van der Waals surface area contributed by atoms with Gasteiger partial charge in [-0.3, -0.25) is 9.59 Å². The molecule has 2 amide bonds. The van der Waals surface area contributed by atoms with Gasteiger partial charge >= 0.3 is 0 Å². The summed E-state index contributed by atoms with van der Waals surface area (Å²) in [5.74, 6) is 0.726. The van der Waals surface area contributed by atoms with E-state index < -0.39 is 0 Å². The van der Waals surface area contributed by atoms with Crippen LogP contribution in [0.1, 0.15) is 17.4 Å². The highest BCUT2D eigenvalue weighted by atomic mass is 35.5. The molecule has 1 aromatic heterocycles. The number of furan rings is 1. The lowest BCUT2D eigenvalue weighted by Gasteiger charge is -2.22. The lowest BCUT2D eigenvalue weighted by atomic mass is 10.2. The van der Waals surface area contributed by atoms with Crippen LogP contribution in [-0.4, -0.2) is 25.5 Å². The van der Waals surface area contributed by atoms with Crippen molar-refractivity contribution in [2.75, 3.05) is 23.9 Å². The number of amides is 2. The predicted octanol–water partition coefficient (Wildman–Crippen LogP) is 5.15. The van der Waals surface area contributed by atoms with E-state index in [9.17, 15) is 9.59 Å². The number of nitrogens with zero attached hydrogens (tertiary/aromatic N) is 1. The number of fused-ring (bicyclic) bond motifs is 1. The number of thioether (sulfide) groups is 1. The molecule has 1 N–H and O–H groups in total. The van der Waals surface area contributed by atoms with Gasteiger partial charge in [0.2, 0.25) is 11.8 Å². The fourth-order valence-corrected chi connectivity index (χ4v) is 4.71. The second kappa shape index (κ2) is 8.85. The van der Waals surface area contributed by atoms with E-state index in [-0.39, 0.29) is 30.0 Å². The van der Waals surface area contributed by atoms with Crippen molar-refractivity contribution in [3.8, 4) is 5.75 Å². The number of anilines is 2. The van der Waals surface area contributed by atoms with Crippen LogP contribution in [0.4, 0.5) is 11.4 Å². The van der Waals surface area contributed by atoms with E-state index in [1.54, 1.807) is 42.3 Å². The minimum Gasteiger partial charge on any atom is -0.495 e. The van der Waals surface area contributed by atoms with Gasteiger partial charge in [-0.15, -0.1) is 11.8 Å². The van der Waals surface area contributed by atoms with E-state index in [1.165, 1.54) is 12.0 Å². The molecule has 2 aromatic carbocycles. The molecule has 0 aliphatic carbocycles. The third kappa shape index (κ3) is 4.32. The Bertz CT molecular complexity index is 1070. The van der Waals surface area contributed by atoms with Crippen LogP contribution in [0.5, 0.6) is 5.75 Å². The zero-order valence-electron chi connectivity index (χ0n) is 16.1. The van der Waals surface area contributed by atoms with E-state index in [4.69, 9.17) is 20.8 Å². The predicted molar refractivity (Wildman–Crippen MR) is 117 cm³/mol. The van der Waals surface area contributed by atoms with Crippen LogP contribution >= 0.6 is 23.4 Å². The van der Waals surface area contributed by atoms with Crippen LogP contribution in [0.25, 0.3) is 0 Å². The molecule has 0 spiro atoms. The Morgan fingerprint density at radius 1 is 1.27 bits per heavy atom. The van der Waals surface area contributed by atoms with Gasteiger partial charge in [0.25, 0.3) is 0 Å². The van der Waals surface area contributed by atoms with Crippen LogP contribution < -0.4 is 15.0 Å². The molecule has 1 aliphatic rings. The third-order valence-electron chi connectivity index (χ3n) is 4.68.